The molecule has 5 rings (SSSR count). The maximum absolute atomic E-state index is 5.85. The van der Waals surface area contributed by atoms with E-state index >= 15 is 0 Å². The van der Waals surface area contributed by atoms with Gasteiger partial charge < -0.3 is 9.47 Å². The Morgan fingerprint density at radius 1 is 1.06 bits per heavy atom. The second-order valence-electron chi connectivity index (χ2n) is 8.30. The lowest BCUT2D eigenvalue weighted by Crippen LogP contribution is -2.20. The van der Waals surface area contributed by atoms with Gasteiger partial charge in [-0.1, -0.05) is 18.2 Å². The number of rotatable bonds is 8. The fraction of sp³-hybridized carbons (Fsp3) is 0.308. The van der Waals surface area contributed by atoms with Crippen molar-refractivity contribution in [3.63, 3.8) is 0 Å². The molecule has 4 aromatic rings. The number of fused-ring (bicyclic) bond motifs is 1. The van der Waals surface area contributed by atoms with Crippen LogP contribution < -0.4 is 9.47 Å². The molecule has 0 unspecified atom stereocenters. The third kappa shape index (κ3) is 4.60. The molecule has 0 amide bonds. The number of H-pyrrole nitrogens is 1. The van der Waals surface area contributed by atoms with Gasteiger partial charge in [-0.2, -0.15) is 5.10 Å². The zero-order valence-electron chi connectivity index (χ0n) is 18.3. The van der Waals surface area contributed by atoms with E-state index in [1.54, 1.807) is 7.11 Å². The lowest BCUT2D eigenvalue weighted by Gasteiger charge is -2.17. The predicted molar refractivity (Wildman–Crippen MR) is 125 cm³/mol. The molecule has 164 valence electrons. The molecule has 1 atom stereocenters. The maximum atomic E-state index is 5.85. The highest BCUT2D eigenvalue weighted by atomic mass is 16.5. The van der Waals surface area contributed by atoms with Gasteiger partial charge in [-0.15, -0.1) is 0 Å². The van der Waals surface area contributed by atoms with Crippen molar-refractivity contribution in [1.29, 1.82) is 0 Å². The largest absolute Gasteiger partial charge is 0.497 e. The Morgan fingerprint density at radius 3 is 2.81 bits per heavy atom. The lowest BCUT2D eigenvalue weighted by atomic mass is 10.0. The summed E-state index contributed by atoms with van der Waals surface area (Å²) in [6, 6.07) is 20.4. The highest BCUT2D eigenvalue weighted by Crippen LogP contribution is 2.29. The molecule has 2 aromatic carbocycles. The topological polar surface area (TPSA) is 63.3 Å². The fourth-order valence-corrected chi connectivity index (χ4v) is 4.43. The number of nitrogens with one attached hydrogen (secondary N) is 1. The van der Waals surface area contributed by atoms with Crippen molar-refractivity contribution in [3.8, 4) is 11.5 Å². The van der Waals surface area contributed by atoms with E-state index in [0.29, 0.717) is 12.5 Å². The van der Waals surface area contributed by atoms with Gasteiger partial charge in [-0.25, -0.2) is 0 Å². The summed E-state index contributed by atoms with van der Waals surface area (Å²) in [5, 5.41) is 9.05. The van der Waals surface area contributed by atoms with Crippen LogP contribution in [0.4, 0.5) is 0 Å². The van der Waals surface area contributed by atoms with E-state index in [1.807, 2.05) is 36.5 Å². The van der Waals surface area contributed by atoms with Crippen molar-refractivity contribution in [2.75, 3.05) is 26.8 Å². The summed E-state index contributed by atoms with van der Waals surface area (Å²) in [5.41, 5.74) is 4.68. The van der Waals surface area contributed by atoms with Gasteiger partial charge in [-0.05, 0) is 61.0 Å². The van der Waals surface area contributed by atoms with Crippen molar-refractivity contribution in [1.82, 2.24) is 20.1 Å². The van der Waals surface area contributed by atoms with Gasteiger partial charge in [0.05, 0.1) is 24.9 Å². The minimum Gasteiger partial charge on any atom is -0.497 e. The zero-order chi connectivity index (χ0) is 21.8. The second-order valence-corrected chi connectivity index (χ2v) is 8.30. The third-order valence-electron chi connectivity index (χ3n) is 6.17. The molecule has 0 bridgehead atoms. The molecule has 6 nitrogen and oxygen atoms in total. The third-order valence-corrected chi connectivity index (χ3v) is 6.17. The van der Waals surface area contributed by atoms with Crippen LogP contribution in [-0.2, 0) is 13.0 Å². The molecule has 0 spiro atoms. The van der Waals surface area contributed by atoms with Crippen molar-refractivity contribution >= 4 is 10.9 Å². The fourth-order valence-electron chi connectivity index (χ4n) is 4.43. The standard InChI is InChI=1S/C26H28N4O2/c1-31-22-7-9-23(10-8-22)32-15-12-21-16-26(29-28-21)20-11-14-30(18-20)17-19-4-2-6-25-24(19)5-3-13-27-25/h2-10,13,16,20H,11-12,14-15,17-18H2,1H3,(H,28,29)/t20-/m1/s1. The van der Waals surface area contributed by atoms with E-state index in [1.165, 1.54) is 10.9 Å². The summed E-state index contributed by atoms with van der Waals surface area (Å²) in [4.78, 5) is 7.01. The van der Waals surface area contributed by atoms with Gasteiger partial charge in [0.15, 0.2) is 0 Å². The van der Waals surface area contributed by atoms with Crippen molar-refractivity contribution < 1.29 is 9.47 Å². The first-order valence-electron chi connectivity index (χ1n) is 11.1. The van der Waals surface area contributed by atoms with E-state index in [4.69, 9.17) is 9.47 Å². The highest BCUT2D eigenvalue weighted by Gasteiger charge is 2.26. The summed E-state index contributed by atoms with van der Waals surface area (Å²) in [6.07, 6.45) is 3.79. The van der Waals surface area contributed by atoms with Gasteiger partial charge >= 0.3 is 0 Å². The van der Waals surface area contributed by atoms with Crippen LogP contribution in [0.1, 0.15) is 29.3 Å². The highest BCUT2D eigenvalue weighted by molar-refractivity contribution is 5.81. The Balaban J connectivity index is 1.14. The molecule has 32 heavy (non-hydrogen) atoms. The molecule has 3 heterocycles. The number of hydrogen-bond acceptors (Lipinski definition) is 5. The Morgan fingerprint density at radius 2 is 1.94 bits per heavy atom. The smallest absolute Gasteiger partial charge is 0.119 e. The van der Waals surface area contributed by atoms with Crippen LogP contribution in [0.15, 0.2) is 66.9 Å². The normalized spacial score (nSPS) is 16.5. The summed E-state index contributed by atoms with van der Waals surface area (Å²) in [6.45, 7) is 3.68. The molecule has 1 saturated heterocycles. The molecule has 1 N–H and O–H groups in total. The van der Waals surface area contributed by atoms with Crippen molar-refractivity contribution in [2.24, 2.45) is 0 Å². The van der Waals surface area contributed by atoms with Gasteiger partial charge in [0, 0.05) is 42.7 Å². The molecular weight excluding hydrogens is 400 g/mol. The molecular formula is C26H28N4O2. The van der Waals surface area contributed by atoms with Crippen molar-refractivity contribution in [2.45, 2.75) is 25.3 Å². The van der Waals surface area contributed by atoms with Crippen LogP contribution in [0.2, 0.25) is 0 Å². The molecule has 2 aromatic heterocycles. The summed E-state index contributed by atoms with van der Waals surface area (Å²) in [5.74, 6) is 2.15. The number of likely N-dealkylation sites (tertiary alicyclic amines) is 1. The van der Waals surface area contributed by atoms with Crippen LogP contribution in [0.5, 0.6) is 11.5 Å². The number of methoxy groups -OCH3 is 1. The first kappa shape index (κ1) is 20.5. The van der Waals surface area contributed by atoms with Gasteiger partial charge in [0.25, 0.3) is 0 Å². The van der Waals surface area contributed by atoms with Crippen LogP contribution in [0.25, 0.3) is 10.9 Å². The van der Waals surface area contributed by atoms with E-state index in [9.17, 15) is 0 Å². The Hall–Kier alpha value is -3.38. The molecule has 0 aliphatic carbocycles. The van der Waals surface area contributed by atoms with E-state index < -0.39 is 0 Å². The Labute approximate surface area is 188 Å². The first-order valence-corrected chi connectivity index (χ1v) is 11.1. The zero-order valence-corrected chi connectivity index (χ0v) is 18.3. The van der Waals surface area contributed by atoms with Crippen LogP contribution in [0.3, 0.4) is 0 Å². The lowest BCUT2D eigenvalue weighted by molar-refractivity contribution is 0.319. The number of ether oxygens (including phenoxy) is 2. The number of pyridine rings is 1. The predicted octanol–water partition coefficient (Wildman–Crippen LogP) is 4.58. The molecule has 1 aliphatic rings. The Bertz CT molecular complexity index is 1170. The summed E-state index contributed by atoms with van der Waals surface area (Å²) in [7, 11) is 1.66. The van der Waals surface area contributed by atoms with E-state index in [-0.39, 0.29) is 0 Å². The van der Waals surface area contributed by atoms with Crippen LogP contribution in [-0.4, -0.2) is 46.9 Å². The maximum Gasteiger partial charge on any atom is 0.119 e. The molecule has 1 fully saturated rings. The van der Waals surface area contributed by atoms with Gasteiger partial charge in [0.1, 0.15) is 11.5 Å². The average molecular weight is 429 g/mol. The minimum atomic E-state index is 0.468. The quantitative estimate of drug-likeness (QED) is 0.445. The summed E-state index contributed by atoms with van der Waals surface area (Å²) < 4.78 is 11.0. The van der Waals surface area contributed by atoms with E-state index in [0.717, 1.165) is 60.9 Å². The van der Waals surface area contributed by atoms with Crippen LogP contribution in [0, 0.1) is 0 Å². The van der Waals surface area contributed by atoms with Gasteiger partial charge in [0.2, 0.25) is 0 Å². The second kappa shape index (κ2) is 9.40. The Kier molecular flexibility index (Phi) is 6.03. The molecule has 0 radical (unpaired) electrons. The summed E-state index contributed by atoms with van der Waals surface area (Å²) >= 11 is 0. The van der Waals surface area contributed by atoms with Crippen molar-refractivity contribution in [3.05, 3.63) is 83.8 Å². The first-order chi connectivity index (χ1) is 15.8. The van der Waals surface area contributed by atoms with Gasteiger partial charge in [-0.3, -0.25) is 15.0 Å². The van der Waals surface area contributed by atoms with Crippen LogP contribution >= 0.6 is 0 Å². The SMILES string of the molecule is COc1ccc(OCCc2cc([C@@H]3CCN(Cc4cccc5ncccc45)C3)n[nH]2)cc1. The average Bonchev–Trinajstić information content (AvgIpc) is 3.49. The monoisotopic (exact) mass is 428 g/mol. The number of nitrogens with zero attached hydrogens (tertiary/aromatic N) is 3. The molecule has 6 heteroatoms. The number of benzene rings is 2. The molecule has 1 aliphatic heterocycles. The molecule has 0 saturated carbocycles. The number of aromatic amines is 1. The van der Waals surface area contributed by atoms with E-state index in [2.05, 4.69) is 50.4 Å². The number of hydrogen-bond donors (Lipinski definition) is 1. The number of aromatic nitrogens is 3. The minimum absolute atomic E-state index is 0.468.